The first kappa shape index (κ1) is 110. The number of amides is 3. The summed E-state index contributed by atoms with van der Waals surface area (Å²) in [5, 5.41) is 12.2. The molecule has 7 nitrogen and oxygen atoms in total. The molecule has 1 aliphatic carbocycles. The molecule has 708 valence electrons. The first-order valence-electron chi connectivity index (χ1n) is 53.7. The fourth-order valence-electron chi connectivity index (χ4n) is 19.4. The van der Waals surface area contributed by atoms with E-state index in [-0.39, 0.29) is 23.5 Å². The first-order chi connectivity index (χ1) is 61.4. The second-order valence-electron chi connectivity index (χ2n) is 38.7. The zero-order valence-corrected chi connectivity index (χ0v) is 87.7. The van der Waals surface area contributed by atoms with Crippen LogP contribution in [-0.2, 0) is 44.9 Å². The van der Waals surface area contributed by atoms with Gasteiger partial charge in [-0.1, -0.05) is 439 Å². The summed E-state index contributed by atoms with van der Waals surface area (Å²) >= 11 is 9.45. The third-order valence-corrected chi connectivity index (χ3v) is 32.6. The minimum atomic E-state index is -0.106. The predicted molar refractivity (Wildman–Crippen MR) is 563 cm³/mol. The van der Waals surface area contributed by atoms with E-state index in [4.69, 9.17) is 0 Å². The van der Waals surface area contributed by atoms with Gasteiger partial charge in [0.25, 0.3) is 17.7 Å². The number of allylic oxidation sites excluding steroid dienone is 1. The Morgan fingerprint density at radius 3 is 0.848 bits per heavy atom. The molecule has 0 saturated heterocycles. The summed E-state index contributed by atoms with van der Waals surface area (Å²) in [6.07, 6.45) is 89.0. The number of unbranched alkanes of at least 4 members (excludes halogenated alkanes) is 48. The minimum absolute atomic E-state index is 0.0811. The van der Waals surface area contributed by atoms with E-state index >= 15 is 9.59 Å². The van der Waals surface area contributed by atoms with Crippen LogP contribution in [0.15, 0.2) is 68.1 Å². The summed E-state index contributed by atoms with van der Waals surface area (Å²) in [6.45, 7) is 24.3. The number of ketones is 1. The molecule has 0 spiro atoms. The van der Waals surface area contributed by atoms with Gasteiger partial charge in [-0.05, 0) is 181 Å². The van der Waals surface area contributed by atoms with Crippen molar-refractivity contribution in [3.05, 3.63) is 110 Å². The van der Waals surface area contributed by atoms with E-state index in [2.05, 4.69) is 153 Å². The van der Waals surface area contributed by atoms with Crippen molar-refractivity contribution in [2.45, 2.75) is 512 Å². The van der Waals surface area contributed by atoms with E-state index in [0.29, 0.717) is 53.6 Å². The molecule has 3 unspecified atom stereocenters. The van der Waals surface area contributed by atoms with Crippen molar-refractivity contribution in [3.63, 3.8) is 0 Å². The number of thiophene rings is 4. The highest BCUT2D eigenvalue weighted by atomic mass is 127. The van der Waals surface area contributed by atoms with Crippen LogP contribution in [0.1, 0.15) is 528 Å². The summed E-state index contributed by atoms with van der Waals surface area (Å²) in [5.41, 5.74) is 11.6. The number of carbonyl (C=O) groups is 4. The van der Waals surface area contributed by atoms with Gasteiger partial charge in [0.1, 0.15) is 0 Å². The van der Waals surface area contributed by atoms with Crippen LogP contribution in [0.25, 0.3) is 22.7 Å². The van der Waals surface area contributed by atoms with Crippen molar-refractivity contribution in [1.29, 1.82) is 0 Å². The average Bonchev–Trinajstić information content (AvgIpc) is 1.55. The largest absolute Gasteiger partial charge is 0.320 e. The molecule has 125 heavy (non-hydrogen) atoms. The summed E-state index contributed by atoms with van der Waals surface area (Å²) in [5.74, 6) is 2.02. The van der Waals surface area contributed by atoms with Gasteiger partial charge in [-0.3, -0.25) is 19.2 Å². The molecular formula is C113H186IN3O4S4. The smallest absolute Gasteiger partial charge is 0.261 e. The third-order valence-electron chi connectivity index (χ3n) is 27.4. The van der Waals surface area contributed by atoms with Crippen molar-refractivity contribution in [2.24, 2.45) is 17.8 Å². The van der Waals surface area contributed by atoms with Crippen molar-refractivity contribution >= 4 is 114 Å². The molecule has 3 aliphatic heterocycles. The van der Waals surface area contributed by atoms with Gasteiger partial charge >= 0.3 is 0 Å². The number of hydrogen-bond donors (Lipinski definition) is 1. The number of nitrogens with zero attached hydrogens (tertiary/aromatic N) is 2. The van der Waals surface area contributed by atoms with Gasteiger partial charge in [0.05, 0.1) is 54.0 Å². The molecule has 0 bridgehead atoms. The lowest BCUT2D eigenvalue weighted by molar-refractivity contribution is -0.124. The second kappa shape index (κ2) is 70.3. The maximum Gasteiger partial charge on any atom is 0.261 e. The van der Waals surface area contributed by atoms with Crippen molar-refractivity contribution in [3.8, 4) is 0 Å². The molecule has 12 heteroatoms. The zero-order chi connectivity index (χ0) is 89.5. The van der Waals surface area contributed by atoms with Crippen LogP contribution < -0.4 is 5.32 Å². The molecule has 3 atom stereocenters. The Hall–Kier alpha value is -3.43. The lowest BCUT2D eigenvalue weighted by Gasteiger charge is -2.29. The first-order valence-corrected chi connectivity index (χ1v) is 58.7. The summed E-state index contributed by atoms with van der Waals surface area (Å²) < 4.78 is 1.36. The molecule has 3 amide bonds. The molecule has 0 saturated carbocycles. The Labute approximate surface area is 799 Å². The van der Waals surface area contributed by atoms with Crippen molar-refractivity contribution in [2.75, 3.05) is 17.5 Å². The van der Waals surface area contributed by atoms with Gasteiger partial charge in [-0.2, -0.15) is 0 Å². The highest BCUT2D eigenvalue weighted by Gasteiger charge is 2.50. The van der Waals surface area contributed by atoms with E-state index in [1.165, 1.54) is 412 Å². The molecule has 0 radical (unpaired) electrons. The number of Topliss-reactive ketones (excluding diaryl/α,β-unsaturated/α-hetero) is 1. The van der Waals surface area contributed by atoms with Crippen LogP contribution in [0.4, 0.5) is 0 Å². The third kappa shape index (κ3) is 42.1. The number of rotatable bonds is 77. The maximum atomic E-state index is 15.5. The van der Waals surface area contributed by atoms with Crippen LogP contribution >= 0.6 is 67.9 Å². The molecule has 4 aromatic heterocycles. The number of fused-ring (bicyclic) bond motifs is 2. The number of carbonyl (C=O) groups excluding carboxylic acids is 4. The van der Waals surface area contributed by atoms with Gasteiger partial charge in [0.15, 0.2) is 5.78 Å². The van der Waals surface area contributed by atoms with E-state index in [1.807, 2.05) is 0 Å². The van der Waals surface area contributed by atoms with Gasteiger partial charge in [0.2, 0.25) is 0 Å². The fraction of sp³-hybridized carbons (Fsp3) is 0.752. The van der Waals surface area contributed by atoms with Crippen molar-refractivity contribution in [1.82, 2.24) is 15.1 Å². The molecule has 7 heterocycles. The van der Waals surface area contributed by atoms with Crippen LogP contribution in [0, 0.1) is 17.8 Å². The van der Waals surface area contributed by atoms with Gasteiger partial charge in [-0.15, -0.1) is 45.3 Å². The van der Waals surface area contributed by atoms with Crippen LogP contribution in [0.5, 0.6) is 0 Å². The predicted octanol–water partition coefficient (Wildman–Crippen LogP) is 37.3. The normalized spacial score (nSPS) is 14.7. The van der Waals surface area contributed by atoms with Crippen LogP contribution in [-0.4, -0.2) is 50.8 Å². The van der Waals surface area contributed by atoms with Gasteiger partial charge in [-0.25, -0.2) is 0 Å². The standard InChI is InChI=1S/C62H104N2O2S2.C39H57NO2S2.C12H25I/c1-7-13-19-23-25-27-29-31-33-37-43-53-45-55(67-49-53)59-57-58(62(66)63(59)47-51(39-17-11-5)41-35-21-15-9-3)60(64(61(57)65)48-52(40-18-12-6)42-36-22-16-10-4)56-46-54(50-68-56)44-38-34-32-30-28-26-24-20-14-8-2;1-3-5-7-9-11-13-15-17-19-21-23-30-25-34(43-28-30)32-27-33(41)37-36(32)39(42)40-38(37)35-26-31(29-44-35)24-22-20-18-16-14-12-10-8-6-4-2;1-3-5-7-8-10-12(11-13)9-6-4-2/h45-46,49-52H,7-44,47-48H2,1-6H3;25-26,28-29H,3-24,27H2,1-2H3,(H,40,42);12H,3-11H2,1-2H3. The summed E-state index contributed by atoms with van der Waals surface area (Å²) in [4.78, 5) is 66.1. The van der Waals surface area contributed by atoms with E-state index < -0.39 is 0 Å². The van der Waals surface area contributed by atoms with Crippen LogP contribution in [0.2, 0.25) is 0 Å². The van der Waals surface area contributed by atoms with E-state index in [1.54, 1.807) is 45.3 Å². The maximum absolute atomic E-state index is 15.5. The second-order valence-corrected chi connectivity index (χ2v) is 43.2. The monoisotopic (exact) mass is 1900 g/mol. The number of aryl methyl sites for hydroxylation is 4. The Bertz CT molecular complexity index is 3410. The minimum Gasteiger partial charge on any atom is -0.320 e. The average molecular weight is 1910 g/mol. The Morgan fingerprint density at radius 2 is 0.536 bits per heavy atom. The molecule has 1 N–H and O–H groups in total. The molecule has 0 aromatic carbocycles. The SMILES string of the molecule is CCCCCCC(CI)CCCC.CCCCCCCCCCCCc1csc(C2=C3C(=O)N(CC(CCCC)CCCCCC)C(c4cc(CCCCCCCCCCCC)cs4)=C3C(=O)N2CC(CCCC)CCCCCC)c1.CCCCCCCCCCCCc1csc(C2=C3C(=O)NC(c4cc(CCCCCCCCCCCC)cs4)=C3C(=O)C2)c1. The number of hydrogen-bond acceptors (Lipinski definition) is 8. The van der Waals surface area contributed by atoms with E-state index in [9.17, 15) is 9.59 Å². The molecular weight excluding hydrogens is 1720 g/mol. The summed E-state index contributed by atoms with van der Waals surface area (Å²) in [6, 6.07) is 9.17. The molecule has 8 rings (SSSR count). The fourth-order valence-corrected chi connectivity index (χ4v) is 24.2. The van der Waals surface area contributed by atoms with Crippen LogP contribution in [0.3, 0.4) is 0 Å². The number of nitrogens with one attached hydrogen (secondary N) is 1. The van der Waals surface area contributed by atoms with E-state index in [0.717, 1.165) is 99.5 Å². The lowest BCUT2D eigenvalue weighted by Crippen LogP contribution is -2.34. The number of alkyl halides is 1. The Kier molecular flexibility index (Phi) is 62.1. The Balaban J connectivity index is 0.000000359. The highest BCUT2D eigenvalue weighted by molar-refractivity contribution is 14.1. The van der Waals surface area contributed by atoms with Crippen molar-refractivity contribution < 1.29 is 19.2 Å². The van der Waals surface area contributed by atoms with Gasteiger partial charge in [0, 0.05) is 28.8 Å². The topological polar surface area (TPSA) is 86.8 Å². The summed E-state index contributed by atoms with van der Waals surface area (Å²) in [7, 11) is 0. The molecule has 4 aliphatic rings. The molecule has 0 fully saturated rings. The highest BCUT2D eigenvalue weighted by Crippen LogP contribution is 2.51. The van der Waals surface area contributed by atoms with Gasteiger partial charge < -0.3 is 15.1 Å². The molecule has 4 aromatic rings. The lowest BCUT2D eigenvalue weighted by atomic mass is 9.94. The zero-order valence-electron chi connectivity index (χ0n) is 82.3. The number of halogens is 1. The Morgan fingerprint density at radius 1 is 0.288 bits per heavy atom. The quantitative estimate of drug-likeness (QED) is 0.0271.